The molecule has 0 bridgehead atoms. The smallest absolute Gasteiger partial charge is 0.240 e. The zero-order valence-corrected chi connectivity index (χ0v) is 16.3. The molecule has 27 heavy (non-hydrogen) atoms. The van der Waals surface area contributed by atoms with Crippen LogP contribution in [-0.2, 0) is 23.5 Å². The van der Waals surface area contributed by atoms with Gasteiger partial charge in [-0.15, -0.1) is 0 Å². The minimum absolute atomic E-state index is 0.233. The van der Waals surface area contributed by atoms with Crippen molar-refractivity contribution in [3.05, 3.63) is 60.2 Å². The SMILES string of the molecule is COc1ccccc1-c1ccc(S(=O)(=O)NCCc2ncnn2C)cc1C. The first-order valence-corrected chi connectivity index (χ1v) is 9.97. The molecule has 0 radical (unpaired) electrons. The Morgan fingerprint density at radius 1 is 1.15 bits per heavy atom. The Morgan fingerprint density at radius 3 is 2.59 bits per heavy atom. The average molecular weight is 386 g/mol. The Hall–Kier alpha value is -2.71. The van der Waals surface area contributed by atoms with Crippen LogP contribution in [0, 0.1) is 6.92 Å². The summed E-state index contributed by atoms with van der Waals surface area (Å²) in [7, 11) is -0.209. The molecule has 7 nitrogen and oxygen atoms in total. The zero-order valence-electron chi connectivity index (χ0n) is 15.5. The van der Waals surface area contributed by atoms with Crippen molar-refractivity contribution in [3.63, 3.8) is 0 Å². The number of hydrogen-bond acceptors (Lipinski definition) is 5. The van der Waals surface area contributed by atoms with Gasteiger partial charge in [-0.25, -0.2) is 18.1 Å². The van der Waals surface area contributed by atoms with Gasteiger partial charge in [-0.2, -0.15) is 5.10 Å². The lowest BCUT2D eigenvalue weighted by Gasteiger charge is -2.13. The predicted molar refractivity (Wildman–Crippen MR) is 103 cm³/mol. The van der Waals surface area contributed by atoms with Crippen LogP contribution in [-0.4, -0.2) is 36.8 Å². The lowest BCUT2D eigenvalue weighted by Crippen LogP contribution is -2.26. The first-order valence-electron chi connectivity index (χ1n) is 8.49. The van der Waals surface area contributed by atoms with Crippen molar-refractivity contribution in [3.8, 4) is 16.9 Å². The fraction of sp³-hybridized carbons (Fsp3) is 0.263. The van der Waals surface area contributed by atoms with Crippen LogP contribution in [0.2, 0.25) is 0 Å². The van der Waals surface area contributed by atoms with Crippen LogP contribution in [0.15, 0.2) is 53.7 Å². The van der Waals surface area contributed by atoms with Gasteiger partial charge < -0.3 is 4.74 Å². The predicted octanol–water partition coefficient (Wildman–Crippen LogP) is 2.32. The van der Waals surface area contributed by atoms with Crippen molar-refractivity contribution in [2.75, 3.05) is 13.7 Å². The number of methoxy groups -OCH3 is 1. The van der Waals surface area contributed by atoms with Crippen LogP contribution in [0.25, 0.3) is 11.1 Å². The Labute approximate surface area is 159 Å². The first kappa shape index (κ1) is 19.1. The van der Waals surface area contributed by atoms with E-state index in [0.717, 1.165) is 28.3 Å². The summed E-state index contributed by atoms with van der Waals surface area (Å²) in [6.07, 6.45) is 1.91. The lowest BCUT2D eigenvalue weighted by atomic mass is 10.00. The minimum atomic E-state index is -3.60. The van der Waals surface area contributed by atoms with Gasteiger partial charge in [-0.3, -0.25) is 4.68 Å². The number of nitrogens with one attached hydrogen (secondary N) is 1. The molecule has 1 heterocycles. The normalized spacial score (nSPS) is 11.5. The highest BCUT2D eigenvalue weighted by Crippen LogP contribution is 2.32. The number of sulfonamides is 1. The molecule has 0 atom stereocenters. The van der Waals surface area contributed by atoms with Gasteiger partial charge >= 0.3 is 0 Å². The molecular weight excluding hydrogens is 364 g/mol. The maximum Gasteiger partial charge on any atom is 0.240 e. The molecule has 0 aliphatic rings. The second kappa shape index (κ2) is 7.89. The lowest BCUT2D eigenvalue weighted by molar-refractivity contribution is 0.416. The second-order valence-electron chi connectivity index (χ2n) is 6.12. The van der Waals surface area contributed by atoms with E-state index in [1.807, 2.05) is 37.3 Å². The quantitative estimate of drug-likeness (QED) is 0.673. The topological polar surface area (TPSA) is 86.1 Å². The Balaban J connectivity index is 1.78. The van der Waals surface area contributed by atoms with Gasteiger partial charge in [0.15, 0.2) is 0 Å². The Bertz CT molecular complexity index is 1040. The molecule has 0 fully saturated rings. The molecule has 0 spiro atoms. The van der Waals surface area contributed by atoms with Crippen molar-refractivity contribution < 1.29 is 13.2 Å². The molecule has 0 aliphatic carbocycles. The summed E-state index contributed by atoms with van der Waals surface area (Å²) in [4.78, 5) is 4.32. The van der Waals surface area contributed by atoms with E-state index < -0.39 is 10.0 Å². The van der Waals surface area contributed by atoms with Gasteiger partial charge in [-0.1, -0.05) is 24.3 Å². The molecular formula is C19H22N4O3S. The maximum absolute atomic E-state index is 12.6. The number of ether oxygens (including phenoxy) is 1. The highest BCUT2D eigenvalue weighted by atomic mass is 32.2. The van der Waals surface area contributed by atoms with Crippen LogP contribution in [0.1, 0.15) is 11.4 Å². The van der Waals surface area contributed by atoms with E-state index in [2.05, 4.69) is 14.8 Å². The molecule has 3 rings (SSSR count). The average Bonchev–Trinajstić information content (AvgIpc) is 3.06. The van der Waals surface area contributed by atoms with Gasteiger partial charge in [0, 0.05) is 25.6 Å². The van der Waals surface area contributed by atoms with Gasteiger partial charge in [0.25, 0.3) is 0 Å². The monoisotopic (exact) mass is 386 g/mol. The molecule has 142 valence electrons. The van der Waals surface area contributed by atoms with Gasteiger partial charge in [0.1, 0.15) is 17.9 Å². The van der Waals surface area contributed by atoms with Crippen LogP contribution in [0.3, 0.4) is 0 Å². The third-order valence-electron chi connectivity index (χ3n) is 4.35. The van der Waals surface area contributed by atoms with Crippen molar-refractivity contribution >= 4 is 10.0 Å². The summed E-state index contributed by atoms with van der Waals surface area (Å²) >= 11 is 0. The summed E-state index contributed by atoms with van der Waals surface area (Å²) in [5.41, 5.74) is 2.72. The van der Waals surface area contributed by atoms with E-state index in [-0.39, 0.29) is 11.4 Å². The molecule has 1 aromatic heterocycles. The van der Waals surface area contributed by atoms with E-state index >= 15 is 0 Å². The largest absolute Gasteiger partial charge is 0.496 e. The van der Waals surface area contributed by atoms with Crippen LogP contribution in [0.4, 0.5) is 0 Å². The fourth-order valence-electron chi connectivity index (χ4n) is 2.90. The summed E-state index contributed by atoms with van der Waals surface area (Å²) in [6.45, 7) is 2.14. The third-order valence-corrected chi connectivity index (χ3v) is 5.81. The van der Waals surface area contributed by atoms with Crippen molar-refractivity contribution in [2.45, 2.75) is 18.2 Å². The number of hydrogen-bond donors (Lipinski definition) is 1. The standard InChI is InChI=1S/C19H22N4O3S/c1-14-12-15(8-9-16(14)17-6-4-5-7-18(17)26-3)27(24,25)22-11-10-19-20-13-21-23(19)2/h4-9,12-13,22H,10-11H2,1-3H3. The van der Waals surface area contributed by atoms with Gasteiger partial charge in [0.05, 0.1) is 12.0 Å². The first-order chi connectivity index (χ1) is 12.9. The Kier molecular flexibility index (Phi) is 5.57. The molecule has 0 aliphatic heterocycles. The summed E-state index contributed by atoms with van der Waals surface area (Å²) in [5.74, 6) is 1.47. The molecule has 1 N–H and O–H groups in total. The third kappa shape index (κ3) is 4.17. The van der Waals surface area contributed by atoms with Gasteiger partial charge in [-0.05, 0) is 36.2 Å². The zero-order chi connectivity index (χ0) is 19.4. The highest BCUT2D eigenvalue weighted by Gasteiger charge is 2.16. The molecule has 2 aromatic carbocycles. The summed E-state index contributed by atoms with van der Waals surface area (Å²) < 4.78 is 34.8. The number of aryl methyl sites for hydroxylation is 2. The van der Waals surface area contributed by atoms with E-state index in [1.54, 1.807) is 31.0 Å². The maximum atomic E-state index is 12.6. The van der Waals surface area contributed by atoms with Gasteiger partial charge in [0.2, 0.25) is 10.0 Å². The number of aromatic nitrogens is 3. The number of benzene rings is 2. The molecule has 0 unspecified atom stereocenters. The van der Waals surface area contributed by atoms with E-state index in [9.17, 15) is 8.42 Å². The molecule has 3 aromatic rings. The highest BCUT2D eigenvalue weighted by molar-refractivity contribution is 7.89. The summed E-state index contributed by atoms with van der Waals surface area (Å²) in [5, 5.41) is 3.97. The van der Waals surface area contributed by atoms with E-state index in [1.165, 1.54) is 6.33 Å². The Morgan fingerprint density at radius 2 is 1.93 bits per heavy atom. The van der Waals surface area contributed by atoms with E-state index in [4.69, 9.17) is 4.74 Å². The minimum Gasteiger partial charge on any atom is -0.496 e. The number of para-hydroxylation sites is 1. The number of nitrogens with zero attached hydrogens (tertiary/aromatic N) is 3. The van der Waals surface area contributed by atoms with Crippen LogP contribution in [0.5, 0.6) is 5.75 Å². The molecule has 0 amide bonds. The van der Waals surface area contributed by atoms with Crippen molar-refractivity contribution in [1.82, 2.24) is 19.5 Å². The fourth-order valence-corrected chi connectivity index (χ4v) is 4.02. The molecule has 0 saturated carbocycles. The van der Waals surface area contributed by atoms with Crippen LogP contribution >= 0.6 is 0 Å². The second-order valence-corrected chi connectivity index (χ2v) is 7.89. The molecule has 0 saturated heterocycles. The van der Waals surface area contributed by atoms with Crippen molar-refractivity contribution in [1.29, 1.82) is 0 Å². The van der Waals surface area contributed by atoms with Crippen LogP contribution < -0.4 is 9.46 Å². The summed E-state index contributed by atoms with van der Waals surface area (Å²) in [6, 6.07) is 12.8. The molecule has 8 heteroatoms. The number of rotatable bonds is 7. The van der Waals surface area contributed by atoms with Crippen molar-refractivity contribution in [2.24, 2.45) is 7.05 Å². The van der Waals surface area contributed by atoms with E-state index in [0.29, 0.717) is 6.42 Å².